The van der Waals surface area contributed by atoms with Crippen molar-refractivity contribution in [2.75, 3.05) is 26.2 Å². The van der Waals surface area contributed by atoms with Gasteiger partial charge in [0.05, 0.1) is 4.91 Å². The highest BCUT2D eigenvalue weighted by Crippen LogP contribution is 2.33. The van der Waals surface area contributed by atoms with Gasteiger partial charge in [0.25, 0.3) is 5.91 Å². The Labute approximate surface area is 160 Å². The van der Waals surface area contributed by atoms with Crippen LogP contribution in [0.25, 0.3) is 6.08 Å². The van der Waals surface area contributed by atoms with Gasteiger partial charge in [-0.25, -0.2) is 14.6 Å². The fourth-order valence-corrected chi connectivity index (χ4v) is 3.79. The van der Waals surface area contributed by atoms with Crippen molar-refractivity contribution < 1.29 is 18.7 Å². The Hall–Kier alpha value is -2.39. The number of carbonyl (C=O) groups is 2. The van der Waals surface area contributed by atoms with Crippen molar-refractivity contribution in [3.63, 3.8) is 0 Å². The summed E-state index contributed by atoms with van der Waals surface area (Å²) in [7, 11) is 0. The van der Waals surface area contributed by atoms with E-state index in [0.717, 1.165) is 38.4 Å². The summed E-state index contributed by atoms with van der Waals surface area (Å²) in [5.41, 5.74) is 3.68. The van der Waals surface area contributed by atoms with Crippen LogP contribution in [-0.4, -0.2) is 53.3 Å². The van der Waals surface area contributed by atoms with Crippen molar-refractivity contribution in [2.45, 2.75) is 19.3 Å². The molecule has 0 bridgehead atoms. The van der Waals surface area contributed by atoms with Gasteiger partial charge in [0.2, 0.25) is 0 Å². The molecule has 142 valence electrons. The molecule has 4 rings (SSSR count). The monoisotopic (exact) mass is 390 g/mol. The van der Waals surface area contributed by atoms with E-state index >= 15 is 0 Å². The van der Waals surface area contributed by atoms with E-state index in [4.69, 9.17) is 4.74 Å². The number of nitrogens with one attached hydrogen (secondary N) is 1. The molecule has 1 aromatic rings. The average Bonchev–Trinajstić information content (AvgIpc) is 2.97. The minimum Gasteiger partial charge on any atom is -0.409 e. The third kappa shape index (κ3) is 3.98. The molecule has 2 saturated heterocycles. The van der Waals surface area contributed by atoms with Crippen LogP contribution in [0.15, 0.2) is 28.1 Å². The van der Waals surface area contributed by atoms with Gasteiger partial charge in [-0.1, -0.05) is 0 Å². The van der Waals surface area contributed by atoms with Crippen molar-refractivity contribution in [3.8, 4) is 5.75 Å². The van der Waals surface area contributed by atoms with Gasteiger partial charge in [-0.3, -0.25) is 9.80 Å². The van der Waals surface area contributed by atoms with Gasteiger partial charge < -0.3 is 9.64 Å². The number of aliphatic imine (C=N–C) groups is 1. The van der Waals surface area contributed by atoms with Crippen LogP contribution in [0.4, 0.5) is 9.18 Å². The third-order valence-electron chi connectivity index (χ3n) is 4.53. The standard InChI is InChI=1S/C18H19FN4O3S/c19-13-5-4-12(14(11-13)26-18(25)22-7-3-8-22)10-15-16(24)21-17(27-15)23-9-2-1-6-20-23/h4-5,10-11,20H,1-3,6-9H2/b15-10+. The normalized spacial score (nSPS) is 21.3. The number of benzene rings is 1. The summed E-state index contributed by atoms with van der Waals surface area (Å²) in [5.74, 6) is -0.771. The Morgan fingerprint density at radius 2 is 2.11 bits per heavy atom. The molecule has 0 spiro atoms. The lowest BCUT2D eigenvalue weighted by Crippen LogP contribution is -2.45. The fourth-order valence-electron chi connectivity index (χ4n) is 2.88. The van der Waals surface area contributed by atoms with E-state index in [1.165, 1.54) is 23.9 Å². The highest BCUT2D eigenvalue weighted by molar-refractivity contribution is 8.18. The molecule has 3 aliphatic rings. The van der Waals surface area contributed by atoms with Crippen molar-refractivity contribution in [1.82, 2.24) is 15.3 Å². The fraction of sp³-hybridized carbons (Fsp3) is 0.389. The Morgan fingerprint density at radius 1 is 1.26 bits per heavy atom. The first-order valence-corrected chi connectivity index (χ1v) is 9.72. The first-order chi connectivity index (χ1) is 13.1. The molecule has 9 heteroatoms. The molecule has 0 aliphatic carbocycles. The number of amides is 2. The number of carbonyl (C=O) groups excluding carboxylic acids is 2. The van der Waals surface area contributed by atoms with Gasteiger partial charge in [-0.05, 0) is 49.2 Å². The van der Waals surface area contributed by atoms with E-state index < -0.39 is 11.9 Å². The Morgan fingerprint density at radius 3 is 2.81 bits per heavy atom. The van der Waals surface area contributed by atoms with Crippen LogP contribution in [0.5, 0.6) is 5.75 Å². The number of likely N-dealkylation sites (tertiary alicyclic amines) is 1. The number of hydrogen-bond donors (Lipinski definition) is 1. The van der Waals surface area contributed by atoms with E-state index in [2.05, 4.69) is 10.4 Å². The first-order valence-electron chi connectivity index (χ1n) is 8.90. The first kappa shape index (κ1) is 18.0. The zero-order chi connectivity index (χ0) is 18.8. The molecule has 7 nitrogen and oxygen atoms in total. The summed E-state index contributed by atoms with van der Waals surface area (Å²) >= 11 is 1.25. The molecule has 2 amide bonds. The van der Waals surface area contributed by atoms with Crippen molar-refractivity contribution >= 4 is 35.0 Å². The van der Waals surface area contributed by atoms with E-state index in [1.807, 2.05) is 5.01 Å². The maximum Gasteiger partial charge on any atom is 0.415 e. The predicted octanol–water partition coefficient (Wildman–Crippen LogP) is 2.60. The van der Waals surface area contributed by atoms with Gasteiger partial charge in [-0.15, -0.1) is 0 Å². The zero-order valence-corrected chi connectivity index (χ0v) is 15.4. The lowest BCUT2D eigenvalue weighted by Gasteiger charge is -2.29. The summed E-state index contributed by atoms with van der Waals surface area (Å²) in [6.07, 6.45) is 4.14. The molecule has 0 saturated carbocycles. The largest absolute Gasteiger partial charge is 0.415 e. The van der Waals surface area contributed by atoms with Crippen molar-refractivity contribution in [3.05, 3.63) is 34.5 Å². The minimum atomic E-state index is -0.511. The molecule has 1 N–H and O–H groups in total. The number of nitrogens with zero attached hydrogens (tertiary/aromatic N) is 3. The molecular formula is C18H19FN4O3S. The lowest BCUT2D eigenvalue weighted by molar-refractivity contribution is -0.113. The summed E-state index contributed by atoms with van der Waals surface area (Å²) in [6.45, 7) is 2.92. The molecule has 0 atom stereocenters. The minimum absolute atomic E-state index is 0.0948. The average molecular weight is 390 g/mol. The quantitative estimate of drug-likeness (QED) is 0.783. The number of hydrogen-bond acceptors (Lipinski definition) is 6. The van der Waals surface area contributed by atoms with E-state index in [-0.39, 0.29) is 11.7 Å². The SMILES string of the molecule is O=C1N=C(N2CCCCN2)S/C1=C/c1ccc(F)cc1OC(=O)N1CCC1. The van der Waals surface area contributed by atoms with Crippen LogP contribution in [0.1, 0.15) is 24.8 Å². The maximum atomic E-state index is 13.7. The van der Waals surface area contributed by atoms with Crippen LogP contribution in [0.3, 0.4) is 0 Å². The van der Waals surface area contributed by atoms with Gasteiger partial charge >= 0.3 is 6.09 Å². The zero-order valence-electron chi connectivity index (χ0n) is 14.6. The number of thioether (sulfide) groups is 1. The number of hydrazine groups is 1. The smallest absolute Gasteiger partial charge is 0.409 e. The van der Waals surface area contributed by atoms with E-state index in [0.29, 0.717) is 28.7 Å². The molecular weight excluding hydrogens is 371 g/mol. The van der Waals surface area contributed by atoms with Gasteiger partial charge in [-0.2, -0.15) is 4.99 Å². The molecule has 27 heavy (non-hydrogen) atoms. The predicted molar refractivity (Wildman–Crippen MR) is 101 cm³/mol. The van der Waals surface area contributed by atoms with E-state index in [1.54, 1.807) is 11.0 Å². The molecule has 0 radical (unpaired) electrons. The lowest BCUT2D eigenvalue weighted by atomic mass is 10.1. The maximum absolute atomic E-state index is 13.7. The summed E-state index contributed by atoms with van der Waals surface area (Å²) in [4.78, 5) is 30.4. The number of ether oxygens (including phenoxy) is 1. The molecule has 0 aromatic heterocycles. The highest BCUT2D eigenvalue weighted by atomic mass is 32.2. The van der Waals surface area contributed by atoms with Crippen LogP contribution in [0.2, 0.25) is 0 Å². The van der Waals surface area contributed by atoms with E-state index in [9.17, 15) is 14.0 Å². The molecule has 1 aromatic carbocycles. The van der Waals surface area contributed by atoms with Crippen LogP contribution < -0.4 is 10.2 Å². The van der Waals surface area contributed by atoms with Gasteiger partial charge in [0, 0.05) is 37.8 Å². The van der Waals surface area contributed by atoms with Crippen LogP contribution >= 0.6 is 11.8 Å². The Bertz CT molecular complexity index is 832. The molecule has 2 fully saturated rings. The Kier molecular flexibility index (Phi) is 5.13. The van der Waals surface area contributed by atoms with Crippen molar-refractivity contribution in [1.29, 1.82) is 0 Å². The third-order valence-corrected chi connectivity index (χ3v) is 5.53. The van der Waals surface area contributed by atoms with Crippen LogP contribution in [-0.2, 0) is 4.79 Å². The molecule has 3 aliphatic heterocycles. The summed E-state index contributed by atoms with van der Waals surface area (Å²) in [6, 6.07) is 3.92. The topological polar surface area (TPSA) is 74.2 Å². The second-order valence-corrected chi connectivity index (χ2v) is 7.48. The summed E-state index contributed by atoms with van der Waals surface area (Å²) < 4.78 is 19.0. The molecule has 0 unspecified atom stereocenters. The van der Waals surface area contributed by atoms with Crippen molar-refractivity contribution in [2.24, 2.45) is 4.99 Å². The number of rotatable bonds is 2. The molecule has 3 heterocycles. The highest BCUT2D eigenvalue weighted by Gasteiger charge is 2.28. The number of amidine groups is 1. The number of halogens is 1. The summed E-state index contributed by atoms with van der Waals surface area (Å²) in [5, 5.41) is 2.48. The second kappa shape index (κ2) is 7.69. The second-order valence-electron chi connectivity index (χ2n) is 6.47. The van der Waals surface area contributed by atoms with Gasteiger partial charge in [0.15, 0.2) is 5.17 Å². The van der Waals surface area contributed by atoms with Gasteiger partial charge in [0.1, 0.15) is 11.6 Å². The van der Waals surface area contributed by atoms with Crippen LogP contribution in [0, 0.1) is 5.82 Å². The Balaban J connectivity index is 1.53.